The number of aromatic nitrogens is 2. The van der Waals surface area contributed by atoms with E-state index in [4.69, 9.17) is 5.73 Å². The van der Waals surface area contributed by atoms with Crippen LogP contribution in [0.2, 0.25) is 0 Å². The van der Waals surface area contributed by atoms with Crippen molar-refractivity contribution in [3.05, 3.63) is 34.3 Å². The van der Waals surface area contributed by atoms with Crippen LogP contribution >= 0.6 is 11.5 Å². The lowest BCUT2D eigenvalue weighted by Crippen LogP contribution is -2.28. The number of carbonyl (C=O) groups is 1. The Bertz CT molecular complexity index is 637. The third-order valence-corrected chi connectivity index (χ3v) is 4.09. The molecule has 0 fully saturated rings. The van der Waals surface area contributed by atoms with Crippen LogP contribution in [0.5, 0.6) is 0 Å². The van der Waals surface area contributed by atoms with Crippen LogP contribution in [0, 0.1) is 0 Å². The summed E-state index contributed by atoms with van der Waals surface area (Å²) in [5.41, 5.74) is 9.37. The molecule has 0 radical (unpaired) electrons. The molecular weight excluding hydrogens is 260 g/mol. The van der Waals surface area contributed by atoms with Gasteiger partial charge in [0.05, 0.1) is 5.69 Å². The van der Waals surface area contributed by atoms with E-state index >= 15 is 0 Å². The van der Waals surface area contributed by atoms with Crippen molar-refractivity contribution in [2.75, 3.05) is 17.2 Å². The first-order valence-electron chi connectivity index (χ1n) is 6.22. The molecule has 6 heteroatoms. The lowest BCUT2D eigenvalue weighted by atomic mass is 10.1. The molecule has 0 spiro atoms. The van der Waals surface area contributed by atoms with Crippen molar-refractivity contribution in [2.24, 2.45) is 0 Å². The molecule has 1 amide bonds. The number of hydrogen-bond donors (Lipinski definition) is 1. The monoisotopic (exact) mass is 274 g/mol. The summed E-state index contributed by atoms with van der Waals surface area (Å²) in [5.74, 6) is -0.00429. The smallest absolute Gasteiger partial charge is 0.271 e. The fourth-order valence-corrected chi connectivity index (χ4v) is 3.06. The highest BCUT2D eigenvalue weighted by Gasteiger charge is 2.28. The maximum Gasteiger partial charge on any atom is 0.271 e. The minimum Gasteiger partial charge on any atom is -0.399 e. The van der Waals surface area contributed by atoms with Crippen molar-refractivity contribution in [1.82, 2.24) is 9.59 Å². The summed E-state index contributed by atoms with van der Waals surface area (Å²) in [4.78, 5) is 15.0. The van der Waals surface area contributed by atoms with Gasteiger partial charge in [0.25, 0.3) is 5.91 Å². The predicted octanol–water partition coefficient (Wildman–Crippen LogP) is 1.89. The Morgan fingerprint density at radius 3 is 3.16 bits per heavy atom. The second-order valence-electron chi connectivity index (χ2n) is 4.50. The van der Waals surface area contributed by atoms with E-state index in [1.165, 1.54) is 11.5 Å². The number of benzene rings is 1. The number of nitrogens with zero attached hydrogens (tertiary/aromatic N) is 3. The molecule has 0 bridgehead atoms. The predicted molar refractivity (Wildman–Crippen MR) is 75.5 cm³/mol. The molecule has 1 aromatic carbocycles. The Morgan fingerprint density at radius 2 is 2.37 bits per heavy atom. The molecule has 98 valence electrons. The van der Waals surface area contributed by atoms with Gasteiger partial charge in [0.2, 0.25) is 0 Å². The zero-order valence-electron chi connectivity index (χ0n) is 10.6. The molecule has 0 saturated carbocycles. The highest BCUT2D eigenvalue weighted by Crippen LogP contribution is 2.31. The molecule has 0 aliphatic carbocycles. The summed E-state index contributed by atoms with van der Waals surface area (Å²) in [6, 6.07) is 5.68. The normalized spacial score (nSPS) is 13.6. The molecule has 1 aliphatic heterocycles. The molecule has 1 aliphatic rings. The quantitative estimate of drug-likeness (QED) is 0.849. The molecule has 3 rings (SSSR count). The van der Waals surface area contributed by atoms with Crippen LogP contribution in [0.4, 0.5) is 11.4 Å². The van der Waals surface area contributed by atoms with E-state index in [0.717, 1.165) is 35.5 Å². The van der Waals surface area contributed by atoms with Gasteiger partial charge in [-0.05, 0) is 48.1 Å². The summed E-state index contributed by atoms with van der Waals surface area (Å²) in [7, 11) is 0. The number of nitrogens with two attached hydrogens (primary N) is 1. The second-order valence-corrected chi connectivity index (χ2v) is 5.25. The Morgan fingerprint density at radius 1 is 1.53 bits per heavy atom. The molecule has 0 saturated heterocycles. The Labute approximate surface area is 115 Å². The Kier molecular flexibility index (Phi) is 2.94. The van der Waals surface area contributed by atoms with Crippen LogP contribution in [-0.4, -0.2) is 22.0 Å². The van der Waals surface area contributed by atoms with Gasteiger partial charge in [-0.25, -0.2) is 0 Å². The fourth-order valence-electron chi connectivity index (χ4n) is 2.36. The van der Waals surface area contributed by atoms with Crippen LogP contribution in [0.25, 0.3) is 0 Å². The van der Waals surface area contributed by atoms with Gasteiger partial charge >= 0.3 is 0 Å². The van der Waals surface area contributed by atoms with Crippen molar-refractivity contribution < 1.29 is 4.79 Å². The number of rotatable bonds is 2. The van der Waals surface area contributed by atoms with E-state index in [9.17, 15) is 4.79 Å². The molecule has 2 aromatic rings. The van der Waals surface area contributed by atoms with Gasteiger partial charge in [-0.15, -0.1) is 5.10 Å². The van der Waals surface area contributed by atoms with Gasteiger partial charge < -0.3 is 10.6 Å². The number of amides is 1. The fraction of sp³-hybridized carbons (Fsp3) is 0.308. The van der Waals surface area contributed by atoms with Gasteiger partial charge in [0, 0.05) is 17.9 Å². The van der Waals surface area contributed by atoms with Gasteiger partial charge in [-0.3, -0.25) is 4.79 Å². The lowest BCUT2D eigenvalue weighted by Gasteiger charge is -2.16. The zero-order valence-corrected chi connectivity index (χ0v) is 11.4. The van der Waals surface area contributed by atoms with Crippen molar-refractivity contribution >= 4 is 28.8 Å². The van der Waals surface area contributed by atoms with E-state index < -0.39 is 0 Å². The largest absolute Gasteiger partial charge is 0.399 e. The van der Waals surface area contributed by atoms with Crippen LogP contribution < -0.4 is 10.6 Å². The summed E-state index contributed by atoms with van der Waals surface area (Å²) < 4.78 is 3.88. The molecule has 5 nitrogen and oxygen atoms in total. The second kappa shape index (κ2) is 4.62. The summed E-state index contributed by atoms with van der Waals surface area (Å²) in [5, 5.41) is 4.00. The third kappa shape index (κ3) is 1.98. The number of aryl methyl sites for hydroxylation is 1. The first-order valence-corrected chi connectivity index (χ1v) is 6.99. The molecule has 2 heterocycles. The van der Waals surface area contributed by atoms with Crippen LogP contribution in [0.1, 0.15) is 27.9 Å². The number of nitrogen functional groups attached to an aromatic ring is 1. The van der Waals surface area contributed by atoms with E-state index in [1.54, 1.807) is 4.90 Å². The highest BCUT2D eigenvalue weighted by molar-refractivity contribution is 7.08. The lowest BCUT2D eigenvalue weighted by molar-refractivity contribution is 0.0992. The average Bonchev–Trinajstić information content (AvgIpc) is 3.03. The van der Waals surface area contributed by atoms with Gasteiger partial charge in [-0.2, -0.15) is 0 Å². The van der Waals surface area contributed by atoms with Crippen molar-refractivity contribution in [1.29, 1.82) is 0 Å². The van der Waals surface area contributed by atoms with Gasteiger partial charge in [-0.1, -0.05) is 11.4 Å². The highest BCUT2D eigenvalue weighted by atomic mass is 32.1. The van der Waals surface area contributed by atoms with Crippen LogP contribution in [0.3, 0.4) is 0 Å². The van der Waals surface area contributed by atoms with E-state index in [0.29, 0.717) is 11.4 Å². The Hall–Kier alpha value is -1.95. The van der Waals surface area contributed by atoms with E-state index in [1.807, 2.05) is 25.1 Å². The molecule has 1 aromatic heterocycles. The number of anilines is 2. The average molecular weight is 274 g/mol. The minimum absolute atomic E-state index is 0.00429. The SMILES string of the molecule is CCc1nnsc1C(=O)N1CCc2cc(N)ccc21. The standard InChI is InChI=1S/C13H14N4OS/c1-2-10-12(19-16-15-10)13(18)17-6-5-8-7-9(14)3-4-11(8)17/h3-4,7H,2,5-6,14H2,1H3. The number of hydrogen-bond acceptors (Lipinski definition) is 5. The minimum atomic E-state index is -0.00429. The first-order chi connectivity index (χ1) is 9.20. The van der Waals surface area contributed by atoms with Crippen molar-refractivity contribution in [3.63, 3.8) is 0 Å². The summed E-state index contributed by atoms with van der Waals surface area (Å²) in [6.07, 6.45) is 1.57. The number of fused-ring (bicyclic) bond motifs is 1. The van der Waals surface area contributed by atoms with Gasteiger partial charge in [0.15, 0.2) is 0 Å². The van der Waals surface area contributed by atoms with Crippen LogP contribution in [0.15, 0.2) is 18.2 Å². The van der Waals surface area contributed by atoms with Crippen molar-refractivity contribution in [2.45, 2.75) is 19.8 Å². The molecular formula is C13H14N4OS. The summed E-state index contributed by atoms with van der Waals surface area (Å²) in [6.45, 7) is 2.67. The van der Waals surface area contributed by atoms with Gasteiger partial charge in [0.1, 0.15) is 4.88 Å². The maximum absolute atomic E-state index is 12.6. The molecule has 0 atom stereocenters. The van der Waals surface area contributed by atoms with Crippen molar-refractivity contribution in [3.8, 4) is 0 Å². The van der Waals surface area contributed by atoms with E-state index in [2.05, 4.69) is 9.59 Å². The van der Waals surface area contributed by atoms with Crippen LogP contribution in [-0.2, 0) is 12.8 Å². The molecule has 2 N–H and O–H groups in total. The third-order valence-electron chi connectivity index (χ3n) is 3.33. The number of carbonyl (C=O) groups excluding carboxylic acids is 1. The topological polar surface area (TPSA) is 72.1 Å². The maximum atomic E-state index is 12.6. The molecule has 19 heavy (non-hydrogen) atoms. The summed E-state index contributed by atoms with van der Waals surface area (Å²) >= 11 is 1.17. The Balaban J connectivity index is 1.96. The van der Waals surface area contributed by atoms with E-state index in [-0.39, 0.29) is 5.91 Å². The first kappa shape index (κ1) is 12.1. The zero-order chi connectivity index (χ0) is 13.4. The molecule has 0 unspecified atom stereocenters.